The lowest BCUT2D eigenvalue weighted by molar-refractivity contribution is 0.131. The number of phenolic OH excluding ortho intramolecular Hbond substituents is 2. The second-order valence-electron chi connectivity index (χ2n) is 6.45. The van der Waals surface area contributed by atoms with Crippen LogP contribution in [-0.2, 0) is 13.0 Å². The standard InChI is InChI=1S/C20H25NO2/c22-19-12-9-16(10-13-19)8-11-18-6-3-4-14-21(18)15-17-5-1-2-7-20(17)23/h1-2,5,7,9-10,12-13,18,22-23H,3-4,6,8,11,14-15H2/t18-/m0/s1. The van der Waals surface area contributed by atoms with Crippen LogP contribution in [0.15, 0.2) is 48.5 Å². The molecule has 0 unspecified atom stereocenters. The first-order valence-electron chi connectivity index (χ1n) is 8.51. The molecule has 0 aromatic heterocycles. The molecule has 3 rings (SSSR count). The minimum atomic E-state index is 0.326. The van der Waals surface area contributed by atoms with Gasteiger partial charge in [0.15, 0.2) is 0 Å². The molecule has 0 bridgehead atoms. The van der Waals surface area contributed by atoms with Crippen molar-refractivity contribution in [1.82, 2.24) is 4.90 Å². The van der Waals surface area contributed by atoms with Crippen LogP contribution in [0.3, 0.4) is 0 Å². The van der Waals surface area contributed by atoms with Crippen LogP contribution < -0.4 is 0 Å². The lowest BCUT2D eigenvalue weighted by Crippen LogP contribution is -2.39. The Morgan fingerprint density at radius 1 is 0.957 bits per heavy atom. The van der Waals surface area contributed by atoms with Gasteiger partial charge in [-0.3, -0.25) is 4.90 Å². The molecule has 23 heavy (non-hydrogen) atoms. The molecule has 2 aromatic rings. The Kier molecular flexibility index (Phi) is 5.19. The Bertz CT molecular complexity index is 624. The monoisotopic (exact) mass is 311 g/mol. The lowest BCUT2D eigenvalue weighted by Gasteiger charge is -2.36. The SMILES string of the molecule is Oc1ccc(CC[C@@H]2CCCCN2Cc2ccccc2O)cc1. The van der Waals surface area contributed by atoms with E-state index in [1.165, 1.54) is 24.8 Å². The zero-order valence-corrected chi connectivity index (χ0v) is 13.5. The Balaban J connectivity index is 1.62. The molecule has 0 amide bonds. The largest absolute Gasteiger partial charge is 0.508 e. The summed E-state index contributed by atoms with van der Waals surface area (Å²) in [5.74, 6) is 0.725. The third-order valence-corrected chi connectivity index (χ3v) is 4.82. The molecule has 3 heteroatoms. The van der Waals surface area contributed by atoms with Crippen molar-refractivity contribution in [2.75, 3.05) is 6.54 Å². The number of aryl methyl sites for hydroxylation is 1. The number of benzene rings is 2. The summed E-state index contributed by atoms with van der Waals surface area (Å²) in [7, 11) is 0. The molecule has 1 fully saturated rings. The number of likely N-dealkylation sites (tertiary alicyclic amines) is 1. The molecule has 1 aliphatic heterocycles. The van der Waals surface area contributed by atoms with Gasteiger partial charge in [0.2, 0.25) is 0 Å². The van der Waals surface area contributed by atoms with Crippen molar-refractivity contribution in [2.45, 2.75) is 44.7 Å². The summed E-state index contributed by atoms with van der Waals surface area (Å²) in [6, 6.07) is 15.7. The van der Waals surface area contributed by atoms with E-state index in [0.717, 1.165) is 31.5 Å². The maximum absolute atomic E-state index is 10.0. The molecular formula is C20H25NO2. The molecule has 1 aliphatic rings. The molecule has 1 saturated heterocycles. The number of rotatable bonds is 5. The normalized spacial score (nSPS) is 18.9. The molecule has 1 atom stereocenters. The highest BCUT2D eigenvalue weighted by molar-refractivity contribution is 5.31. The van der Waals surface area contributed by atoms with Crippen LogP contribution in [-0.4, -0.2) is 27.7 Å². The molecule has 0 saturated carbocycles. The minimum absolute atomic E-state index is 0.326. The van der Waals surface area contributed by atoms with Gasteiger partial charge in [-0.2, -0.15) is 0 Å². The summed E-state index contributed by atoms with van der Waals surface area (Å²) in [5.41, 5.74) is 2.29. The predicted octanol–water partition coefficient (Wildman–Crippen LogP) is 4.09. The molecule has 122 valence electrons. The van der Waals surface area contributed by atoms with Gasteiger partial charge < -0.3 is 10.2 Å². The second-order valence-corrected chi connectivity index (χ2v) is 6.45. The van der Waals surface area contributed by atoms with Crippen LogP contribution >= 0.6 is 0 Å². The Hall–Kier alpha value is -2.00. The molecule has 2 aromatic carbocycles. The maximum Gasteiger partial charge on any atom is 0.120 e. The first-order valence-corrected chi connectivity index (χ1v) is 8.51. The van der Waals surface area contributed by atoms with E-state index in [2.05, 4.69) is 4.90 Å². The van der Waals surface area contributed by atoms with E-state index < -0.39 is 0 Å². The van der Waals surface area contributed by atoms with E-state index in [0.29, 0.717) is 17.5 Å². The highest BCUT2D eigenvalue weighted by Crippen LogP contribution is 2.26. The van der Waals surface area contributed by atoms with E-state index in [9.17, 15) is 10.2 Å². The van der Waals surface area contributed by atoms with Crippen LogP contribution in [0.5, 0.6) is 11.5 Å². The Morgan fingerprint density at radius 3 is 2.52 bits per heavy atom. The van der Waals surface area contributed by atoms with Gasteiger partial charge in [0, 0.05) is 18.2 Å². The molecule has 0 radical (unpaired) electrons. The van der Waals surface area contributed by atoms with Crippen LogP contribution in [0.25, 0.3) is 0 Å². The third kappa shape index (κ3) is 4.26. The number of aromatic hydroxyl groups is 2. The summed E-state index contributed by atoms with van der Waals surface area (Å²) in [6.07, 6.45) is 5.91. The van der Waals surface area contributed by atoms with E-state index in [-0.39, 0.29) is 0 Å². The summed E-state index contributed by atoms with van der Waals surface area (Å²) in [6.45, 7) is 1.93. The Morgan fingerprint density at radius 2 is 1.74 bits per heavy atom. The van der Waals surface area contributed by atoms with E-state index in [1.807, 2.05) is 30.3 Å². The fourth-order valence-electron chi connectivity index (χ4n) is 3.45. The highest BCUT2D eigenvalue weighted by atomic mass is 16.3. The predicted molar refractivity (Wildman–Crippen MR) is 92.6 cm³/mol. The molecule has 2 N–H and O–H groups in total. The van der Waals surface area contributed by atoms with Crippen molar-refractivity contribution >= 4 is 0 Å². The third-order valence-electron chi connectivity index (χ3n) is 4.82. The second kappa shape index (κ2) is 7.51. The summed E-state index contributed by atoms with van der Waals surface area (Å²) >= 11 is 0. The summed E-state index contributed by atoms with van der Waals surface area (Å²) < 4.78 is 0. The zero-order chi connectivity index (χ0) is 16.1. The number of hydrogen-bond donors (Lipinski definition) is 2. The number of hydrogen-bond acceptors (Lipinski definition) is 3. The smallest absolute Gasteiger partial charge is 0.120 e. The summed E-state index contributed by atoms with van der Waals surface area (Å²) in [4.78, 5) is 2.51. The molecular weight excluding hydrogens is 286 g/mol. The van der Waals surface area contributed by atoms with Gasteiger partial charge in [-0.15, -0.1) is 0 Å². The number of piperidine rings is 1. The maximum atomic E-state index is 10.0. The van der Waals surface area contributed by atoms with Gasteiger partial charge in [-0.05, 0) is 56.0 Å². The number of nitrogens with zero attached hydrogens (tertiary/aromatic N) is 1. The topological polar surface area (TPSA) is 43.7 Å². The quantitative estimate of drug-likeness (QED) is 0.874. The highest BCUT2D eigenvalue weighted by Gasteiger charge is 2.22. The van der Waals surface area contributed by atoms with Crippen molar-refractivity contribution in [3.8, 4) is 11.5 Å². The Labute approximate surface area is 138 Å². The lowest BCUT2D eigenvalue weighted by atomic mass is 9.95. The van der Waals surface area contributed by atoms with E-state index in [4.69, 9.17) is 0 Å². The fraction of sp³-hybridized carbons (Fsp3) is 0.400. The van der Waals surface area contributed by atoms with Crippen molar-refractivity contribution in [3.63, 3.8) is 0 Å². The zero-order valence-electron chi connectivity index (χ0n) is 13.5. The van der Waals surface area contributed by atoms with Crippen molar-refractivity contribution in [1.29, 1.82) is 0 Å². The molecule has 0 aliphatic carbocycles. The van der Waals surface area contributed by atoms with Crippen LogP contribution in [0, 0.1) is 0 Å². The first kappa shape index (κ1) is 15.9. The number of para-hydroxylation sites is 1. The van der Waals surface area contributed by atoms with Crippen LogP contribution in [0.4, 0.5) is 0 Å². The average Bonchev–Trinajstić information content (AvgIpc) is 2.57. The van der Waals surface area contributed by atoms with Crippen LogP contribution in [0.2, 0.25) is 0 Å². The van der Waals surface area contributed by atoms with Gasteiger partial charge in [0.05, 0.1) is 0 Å². The molecule has 0 spiro atoms. The molecule has 1 heterocycles. The van der Waals surface area contributed by atoms with Crippen molar-refractivity contribution in [3.05, 3.63) is 59.7 Å². The first-order chi connectivity index (χ1) is 11.2. The van der Waals surface area contributed by atoms with Gasteiger partial charge >= 0.3 is 0 Å². The van der Waals surface area contributed by atoms with Gasteiger partial charge in [-0.25, -0.2) is 0 Å². The van der Waals surface area contributed by atoms with Crippen LogP contribution in [0.1, 0.15) is 36.8 Å². The number of phenols is 2. The van der Waals surface area contributed by atoms with Gasteiger partial charge in [0.25, 0.3) is 0 Å². The minimum Gasteiger partial charge on any atom is -0.508 e. The van der Waals surface area contributed by atoms with Gasteiger partial charge in [-0.1, -0.05) is 36.8 Å². The summed E-state index contributed by atoms with van der Waals surface area (Å²) in [5, 5.41) is 19.4. The van der Waals surface area contributed by atoms with Crippen molar-refractivity contribution in [2.24, 2.45) is 0 Å². The van der Waals surface area contributed by atoms with E-state index in [1.54, 1.807) is 18.2 Å². The average molecular weight is 311 g/mol. The van der Waals surface area contributed by atoms with Gasteiger partial charge in [0.1, 0.15) is 11.5 Å². The van der Waals surface area contributed by atoms with E-state index >= 15 is 0 Å². The fourth-order valence-corrected chi connectivity index (χ4v) is 3.45. The molecule has 3 nitrogen and oxygen atoms in total. The van der Waals surface area contributed by atoms with Crippen molar-refractivity contribution < 1.29 is 10.2 Å².